The molecule has 24 heavy (non-hydrogen) atoms. The van der Waals surface area contributed by atoms with E-state index >= 15 is 0 Å². The van der Waals surface area contributed by atoms with E-state index in [1.165, 1.54) is 18.4 Å². The van der Waals surface area contributed by atoms with Crippen LogP contribution in [0, 0.1) is 11.3 Å². The highest BCUT2D eigenvalue weighted by Gasteiger charge is 2.16. The van der Waals surface area contributed by atoms with Crippen LogP contribution in [0.2, 0.25) is 0 Å². The quantitative estimate of drug-likeness (QED) is 0.908. The third-order valence-electron chi connectivity index (χ3n) is 4.82. The molecule has 0 aromatic carbocycles. The molecule has 5 nitrogen and oxygen atoms in total. The van der Waals surface area contributed by atoms with Gasteiger partial charge in [-0.2, -0.15) is 5.26 Å². The van der Waals surface area contributed by atoms with Gasteiger partial charge >= 0.3 is 0 Å². The summed E-state index contributed by atoms with van der Waals surface area (Å²) in [4.78, 5) is 9.14. The van der Waals surface area contributed by atoms with Crippen molar-refractivity contribution in [2.24, 2.45) is 0 Å². The predicted molar refractivity (Wildman–Crippen MR) is 95.6 cm³/mol. The molecule has 5 heteroatoms. The molecular formula is C19H21N5. The van der Waals surface area contributed by atoms with Crippen LogP contribution >= 0.6 is 0 Å². The first-order valence-corrected chi connectivity index (χ1v) is 8.71. The Balaban J connectivity index is 1.74. The number of rotatable bonds is 3. The number of allylic oxidation sites excluding steroid dienone is 2. The van der Waals surface area contributed by atoms with Crippen LogP contribution in [0.15, 0.2) is 24.4 Å². The molecular weight excluding hydrogens is 298 g/mol. The van der Waals surface area contributed by atoms with Gasteiger partial charge in [0.1, 0.15) is 17.6 Å². The highest BCUT2D eigenvalue weighted by Crippen LogP contribution is 2.32. The first-order valence-electron chi connectivity index (χ1n) is 8.71. The zero-order chi connectivity index (χ0) is 16.4. The van der Waals surface area contributed by atoms with Crippen molar-refractivity contribution in [1.82, 2.24) is 15.3 Å². The van der Waals surface area contributed by atoms with Crippen molar-refractivity contribution in [3.8, 4) is 6.07 Å². The van der Waals surface area contributed by atoms with E-state index in [1.807, 2.05) is 12.3 Å². The molecule has 4 rings (SSSR count). The summed E-state index contributed by atoms with van der Waals surface area (Å²) in [6.07, 6.45) is 9.76. The number of hydrogen-bond donors (Lipinski definition) is 2. The largest absolute Gasteiger partial charge is 0.366 e. The summed E-state index contributed by atoms with van der Waals surface area (Å²) in [5.74, 6) is 0.891. The standard InChI is InChI=1S/C19H21N5/c20-10-16-8-14-11-22-18(23-15-6-3-7-21-12-15)9-17(14)19(24-16)13-4-1-2-5-13/h4,8-9,11,15,21H,1-3,5-7,12H2,(H,22,23)/t15-/m0/s1. The second kappa shape index (κ2) is 6.58. The van der Waals surface area contributed by atoms with Gasteiger partial charge in [0.15, 0.2) is 0 Å². The molecule has 1 aliphatic heterocycles. The average molecular weight is 319 g/mol. The van der Waals surface area contributed by atoms with E-state index in [-0.39, 0.29) is 0 Å². The average Bonchev–Trinajstić information content (AvgIpc) is 3.16. The Hall–Kier alpha value is -2.45. The van der Waals surface area contributed by atoms with Crippen molar-refractivity contribution in [3.05, 3.63) is 35.8 Å². The molecule has 1 saturated heterocycles. The molecule has 0 saturated carbocycles. The molecule has 0 unspecified atom stereocenters. The van der Waals surface area contributed by atoms with Gasteiger partial charge in [-0.1, -0.05) is 6.08 Å². The van der Waals surface area contributed by atoms with Crippen LogP contribution in [0.5, 0.6) is 0 Å². The predicted octanol–water partition coefficient (Wildman–Crippen LogP) is 3.23. The summed E-state index contributed by atoms with van der Waals surface area (Å²) in [6.45, 7) is 2.08. The number of anilines is 1. The van der Waals surface area contributed by atoms with Gasteiger partial charge in [0.25, 0.3) is 0 Å². The van der Waals surface area contributed by atoms with Crippen LogP contribution in [0.1, 0.15) is 43.5 Å². The highest BCUT2D eigenvalue weighted by molar-refractivity contribution is 5.94. The number of hydrogen-bond acceptors (Lipinski definition) is 5. The highest BCUT2D eigenvalue weighted by atomic mass is 15.1. The van der Waals surface area contributed by atoms with Crippen molar-refractivity contribution in [3.63, 3.8) is 0 Å². The lowest BCUT2D eigenvalue weighted by Gasteiger charge is -2.24. The van der Waals surface area contributed by atoms with E-state index in [0.717, 1.165) is 54.6 Å². The van der Waals surface area contributed by atoms with Crippen molar-refractivity contribution in [1.29, 1.82) is 5.26 Å². The van der Waals surface area contributed by atoms with Crippen molar-refractivity contribution in [2.75, 3.05) is 18.4 Å². The number of nitrogens with zero attached hydrogens (tertiary/aromatic N) is 3. The van der Waals surface area contributed by atoms with E-state index in [0.29, 0.717) is 11.7 Å². The van der Waals surface area contributed by atoms with E-state index in [2.05, 4.69) is 38.8 Å². The Morgan fingerprint density at radius 1 is 1.29 bits per heavy atom. The van der Waals surface area contributed by atoms with Crippen LogP contribution in [0.3, 0.4) is 0 Å². The van der Waals surface area contributed by atoms with Gasteiger partial charge in [-0.05, 0) is 56.4 Å². The minimum absolute atomic E-state index is 0.421. The SMILES string of the molecule is N#Cc1cc2cnc(N[C@H]3CCCNC3)cc2c(C2=CCCC2)n1. The Morgan fingerprint density at radius 3 is 3.00 bits per heavy atom. The summed E-state index contributed by atoms with van der Waals surface area (Å²) < 4.78 is 0. The zero-order valence-electron chi connectivity index (χ0n) is 13.7. The molecule has 0 amide bonds. The number of nitrogens with one attached hydrogen (secondary N) is 2. The lowest BCUT2D eigenvalue weighted by Crippen LogP contribution is -2.38. The maximum absolute atomic E-state index is 9.26. The number of pyridine rings is 2. The van der Waals surface area contributed by atoms with E-state index in [1.54, 1.807) is 0 Å². The summed E-state index contributed by atoms with van der Waals surface area (Å²) in [5, 5.41) is 18.3. The summed E-state index contributed by atoms with van der Waals surface area (Å²) >= 11 is 0. The number of piperidine rings is 1. The Morgan fingerprint density at radius 2 is 2.25 bits per heavy atom. The summed E-state index contributed by atoms with van der Waals surface area (Å²) in [6, 6.07) is 6.51. The van der Waals surface area contributed by atoms with Crippen LogP contribution in [-0.4, -0.2) is 29.1 Å². The fourth-order valence-electron chi connectivity index (χ4n) is 3.60. The molecule has 1 fully saturated rings. The van der Waals surface area contributed by atoms with E-state index < -0.39 is 0 Å². The van der Waals surface area contributed by atoms with Crippen molar-refractivity contribution < 1.29 is 0 Å². The monoisotopic (exact) mass is 319 g/mol. The lowest BCUT2D eigenvalue weighted by molar-refractivity contribution is 0.479. The molecule has 2 aromatic heterocycles. The third-order valence-corrected chi connectivity index (χ3v) is 4.82. The van der Waals surface area contributed by atoms with Gasteiger partial charge in [-0.3, -0.25) is 0 Å². The molecule has 1 atom stereocenters. The van der Waals surface area contributed by atoms with Gasteiger partial charge in [-0.25, -0.2) is 9.97 Å². The fraction of sp³-hybridized carbons (Fsp3) is 0.421. The Kier molecular flexibility index (Phi) is 4.14. The second-order valence-corrected chi connectivity index (χ2v) is 6.57. The molecule has 2 aromatic rings. The fourth-order valence-corrected chi connectivity index (χ4v) is 3.60. The van der Waals surface area contributed by atoms with Crippen molar-refractivity contribution in [2.45, 2.75) is 38.1 Å². The van der Waals surface area contributed by atoms with Crippen molar-refractivity contribution >= 4 is 22.2 Å². The molecule has 122 valence electrons. The second-order valence-electron chi connectivity index (χ2n) is 6.57. The van der Waals surface area contributed by atoms with Gasteiger partial charge in [0.2, 0.25) is 0 Å². The van der Waals surface area contributed by atoms with Gasteiger partial charge in [0.05, 0.1) is 5.69 Å². The molecule has 2 N–H and O–H groups in total. The molecule has 0 bridgehead atoms. The van der Waals surface area contributed by atoms with Crippen LogP contribution in [-0.2, 0) is 0 Å². The first-order chi connectivity index (χ1) is 11.8. The number of fused-ring (bicyclic) bond motifs is 1. The number of aromatic nitrogens is 2. The normalized spacial score (nSPS) is 20.6. The minimum Gasteiger partial charge on any atom is -0.366 e. The summed E-state index contributed by atoms with van der Waals surface area (Å²) in [5.41, 5.74) is 2.67. The van der Waals surface area contributed by atoms with E-state index in [4.69, 9.17) is 0 Å². The molecule has 1 aliphatic carbocycles. The topological polar surface area (TPSA) is 73.6 Å². The molecule has 0 spiro atoms. The first kappa shape index (κ1) is 15.1. The molecule has 2 aliphatic rings. The number of nitriles is 1. The molecule has 3 heterocycles. The zero-order valence-corrected chi connectivity index (χ0v) is 13.7. The lowest BCUT2D eigenvalue weighted by atomic mass is 10.0. The van der Waals surface area contributed by atoms with Gasteiger partial charge in [0, 0.05) is 29.6 Å². The maximum Gasteiger partial charge on any atom is 0.141 e. The van der Waals surface area contributed by atoms with Crippen LogP contribution < -0.4 is 10.6 Å². The van der Waals surface area contributed by atoms with Crippen LogP contribution in [0.25, 0.3) is 16.3 Å². The van der Waals surface area contributed by atoms with E-state index in [9.17, 15) is 5.26 Å². The van der Waals surface area contributed by atoms with Crippen LogP contribution in [0.4, 0.5) is 5.82 Å². The van der Waals surface area contributed by atoms with Gasteiger partial charge < -0.3 is 10.6 Å². The summed E-state index contributed by atoms with van der Waals surface area (Å²) in [7, 11) is 0. The minimum atomic E-state index is 0.421. The van der Waals surface area contributed by atoms with Gasteiger partial charge in [-0.15, -0.1) is 0 Å². The smallest absolute Gasteiger partial charge is 0.141 e. The Labute approximate surface area is 141 Å². The third kappa shape index (κ3) is 2.98. The Bertz CT molecular complexity index is 828. The maximum atomic E-state index is 9.26. The molecule has 0 radical (unpaired) electrons.